The smallest absolute Gasteiger partial charge is 0.253 e. The Morgan fingerprint density at radius 3 is 2.57 bits per heavy atom. The standard InChI is InChI=1S/C17H25BrN2O/c1-4-17(2,3)13-5-7-15(8-6-13)20-16(21)12-9-14(18)11-19-10-12/h9-11,13,15H,4-8H2,1-3H3,(H,20,21). The lowest BCUT2D eigenvalue weighted by Crippen LogP contribution is -2.39. The summed E-state index contributed by atoms with van der Waals surface area (Å²) in [6.45, 7) is 7.00. The lowest BCUT2D eigenvalue weighted by molar-refractivity contribution is 0.0893. The van der Waals surface area contributed by atoms with E-state index in [9.17, 15) is 4.79 Å². The minimum absolute atomic E-state index is 0.0120. The van der Waals surface area contributed by atoms with Gasteiger partial charge in [-0.05, 0) is 59.0 Å². The molecular formula is C17H25BrN2O. The molecule has 0 saturated heterocycles. The highest BCUT2D eigenvalue weighted by atomic mass is 79.9. The highest BCUT2D eigenvalue weighted by Gasteiger charge is 2.32. The van der Waals surface area contributed by atoms with Gasteiger partial charge in [0.25, 0.3) is 5.91 Å². The first-order valence-corrected chi connectivity index (χ1v) is 8.63. The predicted molar refractivity (Wildman–Crippen MR) is 89.2 cm³/mol. The molecule has 116 valence electrons. The Bertz CT molecular complexity index is 493. The number of nitrogens with one attached hydrogen (secondary N) is 1. The fourth-order valence-corrected chi connectivity index (χ4v) is 3.48. The topological polar surface area (TPSA) is 42.0 Å². The Hall–Kier alpha value is -0.900. The number of pyridine rings is 1. The average Bonchev–Trinajstić information content (AvgIpc) is 2.48. The van der Waals surface area contributed by atoms with Gasteiger partial charge in [0.05, 0.1) is 5.56 Å². The van der Waals surface area contributed by atoms with Crippen LogP contribution in [-0.4, -0.2) is 16.9 Å². The van der Waals surface area contributed by atoms with Crippen LogP contribution in [0.5, 0.6) is 0 Å². The Morgan fingerprint density at radius 2 is 2.00 bits per heavy atom. The molecule has 0 bridgehead atoms. The van der Waals surface area contributed by atoms with E-state index in [0.29, 0.717) is 17.0 Å². The van der Waals surface area contributed by atoms with Crippen LogP contribution in [0.15, 0.2) is 22.9 Å². The summed E-state index contributed by atoms with van der Waals surface area (Å²) >= 11 is 3.35. The van der Waals surface area contributed by atoms with E-state index in [1.54, 1.807) is 12.4 Å². The van der Waals surface area contributed by atoms with Crippen molar-refractivity contribution in [3.63, 3.8) is 0 Å². The van der Waals surface area contributed by atoms with Crippen molar-refractivity contribution < 1.29 is 4.79 Å². The second-order valence-corrected chi connectivity index (χ2v) is 7.67. The van der Waals surface area contributed by atoms with Crippen LogP contribution in [-0.2, 0) is 0 Å². The van der Waals surface area contributed by atoms with E-state index < -0.39 is 0 Å². The van der Waals surface area contributed by atoms with E-state index in [2.05, 4.69) is 47.0 Å². The molecule has 1 aromatic heterocycles. The highest BCUT2D eigenvalue weighted by Crippen LogP contribution is 2.40. The van der Waals surface area contributed by atoms with Crippen LogP contribution in [0.1, 0.15) is 63.2 Å². The summed E-state index contributed by atoms with van der Waals surface area (Å²) in [4.78, 5) is 16.3. The van der Waals surface area contributed by atoms with E-state index in [4.69, 9.17) is 0 Å². The molecule has 1 fully saturated rings. The molecule has 1 aliphatic carbocycles. The Morgan fingerprint density at radius 1 is 1.33 bits per heavy atom. The number of hydrogen-bond acceptors (Lipinski definition) is 2. The van der Waals surface area contributed by atoms with E-state index in [1.165, 1.54) is 19.3 Å². The van der Waals surface area contributed by atoms with Crippen molar-refractivity contribution in [2.24, 2.45) is 11.3 Å². The number of amides is 1. The predicted octanol–water partition coefficient (Wildman–Crippen LogP) is 4.57. The first-order chi connectivity index (χ1) is 9.92. The molecule has 1 amide bonds. The molecule has 4 heteroatoms. The molecule has 1 N–H and O–H groups in total. The highest BCUT2D eigenvalue weighted by molar-refractivity contribution is 9.10. The van der Waals surface area contributed by atoms with Gasteiger partial charge in [-0.3, -0.25) is 9.78 Å². The quantitative estimate of drug-likeness (QED) is 0.862. The zero-order valence-corrected chi connectivity index (χ0v) is 14.7. The van der Waals surface area contributed by atoms with Gasteiger partial charge in [0.1, 0.15) is 0 Å². The molecule has 0 spiro atoms. The third-order valence-electron chi connectivity index (χ3n) is 5.05. The molecule has 21 heavy (non-hydrogen) atoms. The summed E-state index contributed by atoms with van der Waals surface area (Å²) in [6.07, 6.45) is 9.12. The van der Waals surface area contributed by atoms with Gasteiger partial charge in [0.2, 0.25) is 0 Å². The van der Waals surface area contributed by atoms with Gasteiger partial charge in [-0.15, -0.1) is 0 Å². The van der Waals surface area contributed by atoms with Crippen molar-refractivity contribution in [2.45, 2.75) is 58.9 Å². The maximum absolute atomic E-state index is 12.2. The first-order valence-electron chi connectivity index (χ1n) is 7.84. The van der Waals surface area contributed by atoms with Gasteiger partial charge in [-0.25, -0.2) is 0 Å². The third-order valence-corrected chi connectivity index (χ3v) is 5.48. The van der Waals surface area contributed by atoms with Crippen LogP contribution < -0.4 is 5.32 Å². The van der Waals surface area contributed by atoms with Crippen molar-refractivity contribution in [3.05, 3.63) is 28.5 Å². The number of hydrogen-bond donors (Lipinski definition) is 1. The second kappa shape index (κ2) is 6.91. The van der Waals surface area contributed by atoms with Gasteiger partial charge in [-0.1, -0.05) is 27.2 Å². The number of rotatable bonds is 4. The zero-order chi connectivity index (χ0) is 15.5. The maximum Gasteiger partial charge on any atom is 0.253 e. The van der Waals surface area contributed by atoms with Crippen molar-refractivity contribution in [1.82, 2.24) is 10.3 Å². The van der Waals surface area contributed by atoms with Crippen LogP contribution in [0.2, 0.25) is 0 Å². The summed E-state index contributed by atoms with van der Waals surface area (Å²) in [5, 5.41) is 3.15. The number of halogens is 1. The molecule has 1 aliphatic rings. The van der Waals surface area contributed by atoms with Crippen LogP contribution in [0.25, 0.3) is 0 Å². The van der Waals surface area contributed by atoms with Gasteiger partial charge in [-0.2, -0.15) is 0 Å². The summed E-state index contributed by atoms with van der Waals surface area (Å²) < 4.78 is 0.837. The maximum atomic E-state index is 12.2. The van der Waals surface area contributed by atoms with Crippen LogP contribution in [0, 0.1) is 11.3 Å². The number of aromatic nitrogens is 1. The minimum Gasteiger partial charge on any atom is -0.349 e. The first kappa shape index (κ1) is 16.5. The van der Waals surface area contributed by atoms with Crippen LogP contribution in [0.3, 0.4) is 0 Å². The van der Waals surface area contributed by atoms with Gasteiger partial charge in [0.15, 0.2) is 0 Å². The molecule has 3 nitrogen and oxygen atoms in total. The van der Waals surface area contributed by atoms with Crippen LogP contribution in [0.4, 0.5) is 0 Å². The largest absolute Gasteiger partial charge is 0.349 e. The van der Waals surface area contributed by atoms with Crippen molar-refractivity contribution in [1.29, 1.82) is 0 Å². The molecule has 0 atom stereocenters. The molecule has 0 radical (unpaired) electrons. The Kier molecular flexibility index (Phi) is 5.42. The fraction of sp³-hybridized carbons (Fsp3) is 0.647. The number of nitrogens with zero attached hydrogens (tertiary/aromatic N) is 1. The molecule has 1 aromatic rings. The average molecular weight is 353 g/mol. The molecule has 2 rings (SSSR count). The van der Waals surface area contributed by atoms with Crippen molar-refractivity contribution >= 4 is 21.8 Å². The monoisotopic (exact) mass is 352 g/mol. The SMILES string of the molecule is CCC(C)(C)C1CCC(NC(=O)c2cncc(Br)c2)CC1. The number of carbonyl (C=O) groups excluding carboxylic acids is 1. The number of carbonyl (C=O) groups is 1. The Labute approximate surface area is 136 Å². The molecular weight excluding hydrogens is 328 g/mol. The van der Waals surface area contributed by atoms with Gasteiger partial charge >= 0.3 is 0 Å². The molecule has 0 unspecified atom stereocenters. The summed E-state index contributed by atoms with van der Waals surface area (Å²) in [6, 6.07) is 2.12. The van der Waals surface area contributed by atoms with Gasteiger partial charge in [0, 0.05) is 22.9 Å². The summed E-state index contributed by atoms with van der Waals surface area (Å²) in [5.41, 5.74) is 1.05. The fourth-order valence-electron chi connectivity index (χ4n) is 3.11. The van der Waals surface area contributed by atoms with Crippen molar-refractivity contribution in [2.75, 3.05) is 0 Å². The molecule has 0 aliphatic heterocycles. The molecule has 1 heterocycles. The minimum atomic E-state index is -0.0120. The van der Waals surface area contributed by atoms with Crippen LogP contribution >= 0.6 is 15.9 Å². The van der Waals surface area contributed by atoms with Gasteiger partial charge < -0.3 is 5.32 Å². The second-order valence-electron chi connectivity index (χ2n) is 6.76. The van der Waals surface area contributed by atoms with E-state index >= 15 is 0 Å². The van der Waals surface area contributed by atoms with E-state index in [1.807, 2.05) is 6.07 Å². The normalized spacial score (nSPS) is 22.9. The summed E-state index contributed by atoms with van der Waals surface area (Å²) in [7, 11) is 0. The molecule has 1 saturated carbocycles. The Balaban J connectivity index is 1.88. The molecule has 0 aromatic carbocycles. The van der Waals surface area contributed by atoms with E-state index in [0.717, 1.165) is 23.2 Å². The van der Waals surface area contributed by atoms with Crippen molar-refractivity contribution in [3.8, 4) is 0 Å². The zero-order valence-electron chi connectivity index (χ0n) is 13.2. The third kappa shape index (κ3) is 4.29. The van der Waals surface area contributed by atoms with E-state index in [-0.39, 0.29) is 5.91 Å². The summed E-state index contributed by atoms with van der Waals surface area (Å²) in [5.74, 6) is 0.769. The lowest BCUT2D eigenvalue weighted by atomic mass is 9.69. The lowest BCUT2D eigenvalue weighted by Gasteiger charge is -2.39.